The number of fused-ring (bicyclic) bond motifs is 3. The van der Waals surface area contributed by atoms with E-state index >= 15 is 0 Å². The molecule has 178 valence electrons. The second-order valence-corrected chi connectivity index (χ2v) is 7.84. The molecule has 0 fully saturated rings. The smallest absolute Gasteiger partial charge is 0.433 e. The van der Waals surface area contributed by atoms with E-state index in [1.807, 2.05) is 18.2 Å². The number of rotatable bonds is 4. The Labute approximate surface area is 198 Å². The molecule has 10 heteroatoms. The molecular weight excluding hydrogens is 471 g/mol. The first-order valence-corrected chi connectivity index (χ1v) is 10.5. The molecule has 0 bridgehead atoms. The quantitative estimate of drug-likeness (QED) is 0.433. The van der Waals surface area contributed by atoms with Crippen molar-refractivity contribution in [1.29, 1.82) is 0 Å². The van der Waals surface area contributed by atoms with Crippen LogP contribution in [-0.4, -0.2) is 16.1 Å². The van der Waals surface area contributed by atoms with Crippen LogP contribution >= 0.6 is 12.4 Å². The van der Waals surface area contributed by atoms with Crippen molar-refractivity contribution in [3.05, 3.63) is 87.8 Å². The molecule has 1 aliphatic heterocycles. The summed E-state index contributed by atoms with van der Waals surface area (Å²) in [5.41, 5.74) is 1.33. The predicted molar refractivity (Wildman–Crippen MR) is 123 cm³/mol. The second kappa shape index (κ2) is 9.52. The van der Waals surface area contributed by atoms with Crippen molar-refractivity contribution in [2.24, 2.45) is 0 Å². The van der Waals surface area contributed by atoms with Gasteiger partial charge < -0.3 is 14.5 Å². The monoisotopic (exact) mass is 491 g/mol. The van der Waals surface area contributed by atoms with Crippen molar-refractivity contribution in [1.82, 2.24) is 14.9 Å². The predicted octanol–water partition coefficient (Wildman–Crippen LogP) is 5.03. The number of alkyl halides is 3. The van der Waals surface area contributed by atoms with Crippen LogP contribution in [0, 0.1) is 0 Å². The number of benzene rings is 1. The number of hydrogen-bond acceptors (Lipinski definition) is 5. The van der Waals surface area contributed by atoms with Gasteiger partial charge in [0.15, 0.2) is 0 Å². The van der Waals surface area contributed by atoms with Crippen LogP contribution in [0.5, 0.6) is 5.75 Å². The second-order valence-electron chi connectivity index (χ2n) is 7.84. The van der Waals surface area contributed by atoms with E-state index in [9.17, 15) is 18.0 Å². The van der Waals surface area contributed by atoms with Crippen LogP contribution in [0.2, 0.25) is 0 Å². The summed E-state index contributed by atoms with van der Waals surface area (Å²) in [7, 11) is 0. The summed E-state index contributed by atoms with van der Waals surface area (Å²) in [6, 6.07) is 12.1. The number of aryl methyl sites for hydroxylation is 1. The van der Waals surface area contributed by atoms with Crippen molar-refractivity contribution >= 4 is 23.4 Å². The Hall–Kier alpha value is -3.30. The highest BCUT2D eigenvalue weighted by molar-refractivity contribution is 5.85. The van der Waals surface area contributed by atoms with Gasteiger partial charge >= 0.3 is 6.18 Å². The molecule has 5 rings (SSSR count). The van der Waals surface area contributed by atoms with Crippen molar-refractivity contribution < 1.29 is 22.3 Å². The summed E-state index contributed by atoms with van der Waals surface area (Å²) < 4.78 is 51.5. The van der Waals surface area contributed by atoms with Crippen molar-refractivity contribution in [3.63, 3.8) is 0 Å². The maximum absolute atomic E-state index is 12.8. The Morgan fingerprint density at radius 3 is 2.79 bits per heavy atom. The number of nitrogens with one attached hydrogen (secondary N) is 1. The summed E-state index contributed by atoms with van der Waals surface area (Å²) in [5.74, 6) is 1.22. The summed E-state index contributed by atoms with van der Waals surface area (Å²) in [5, 5.41) is 4.42. The Morgan fingerprint density at radius 2 is 2.00 bits per heavy atom. The van der Waals surface area contributed by atoms with Gasteiger partial charge in [-0.3, -0.25) is 9.36 Å². The van der Waals surface area contributed by atoms with E-state index in [4.69, 9.17) is 9.15 Å². The van der Waals surface area contributed by atoms with Gasteiger partial charge in [0.25, 0.3) is 5.56 Å². The lowest BCUT2D eigenvalue weighted by atomic mass is 10.1. The molecule has 1 aliphatic rings. The third kappa shape index (κ3) is 4.80. The van der Waals surface area contributed by atoms with Gasteiger partial charge in [-0.2, -0.15) is 13.2 Å². The molecule has 0 saturated carbocycles. The highest BCUT2D eigenvalue weighted by Gasteiger charge is 2.32. The number of furan rings is 1. The maximum atomic E-state index is 12.8. The lowest BCUT2D eigenvalue weighted by Gasteiger charge is -2.10. The molecule has 34 heavy (non-hydrogen) atoms. The average molecular weight is 492 g/mol. The fraction of sp³-hybridized carbons (Fsp3) is 0.250. The van der Waals surface area contributed by atoms with E-state index in [0.717, 1.165) is 54.3 Å². The molecule has 0 saturated heterocycles. The molecular formula is C24H21ClF3N3O3. The van der Waals surface area contributed by atoms with E-state index in [1.54, 1.807) is 12.3 Å². The van der Waals surface area contributed by atoms with Crippen LogP contribution in [0.3, 0.4) is 0 Å². The summed E-state index contributed by atoms with van der Waals surface area (Å²) in [6.07, 6.45) is -1.08. The minimum Gasteiger partial charge on any atom is -0.487 e. The zero-order valence-electron chi connectivity index (χ0n) is 17.9. The van der Waals surface area contributed by atoms with E-state index in [0.29, 0.717) is 5.69 Å². The summed E-state index contributed by atoms with van der Waals surface area (Å²) >= 11 is 0. The van der Waals surface area contributed by atoms with Crippen LogP contribution < -0.4 is 15.6 Å². The van der Waals surface area contributed by atoms with Gasteiger partial charge in [-0.05, 0) is 43.3 Å². The number of nitrogens with zero attached hydrogens (tertiary/aromatic N) is 2. The molecule has 1 aromatic carbocycles. The first kappa shape index (κ1) is 23.8. The van der Waals surface area contributed by atoms with Gasteiger partial charge in [0.1, 0.15) is 29.4 Å². The molecule has 4 heterocycles. The van der Waals surface area contributed by atoms with Gasteiger partial charge in [-0.25, -0.2) is 4.98 Å². The fourth-order valence-corrected chi connectivity index (χ4v) is 3.96. The first-order valence-electron chi connectivity index (χ1n) is 10.5. The molecule has 0 atom stereocenters. The lowest BCUT2D eigenvalue weighted by molar-refractivity contribution is -0.141. The third-order valence-electron chi connectivity index (χ3n) is 5.57. The molecule has 0 unspecified atom stereocenters. The Balaban J connectivity index is 0.00000274. The molecule has 3 aromatic heterocycles. The van der Waals surface area contributed by atoms with Gasteiger partial charge in [0.05, 0.1) is 11.4 Å². The topological polar surface area (TPSA) is 69.3 Å². The van der Waals surface area contributed by atoms with Crippen LogP contribution in [0.15, 0.2) is 63.9 Å². The third-order valence-corrected chi connectivity index (χ3v) is 5.57. The standard InChI is InChI=1S/C24H20F3N3O3.ClH/c25-24(26,27)22-5-1-3-15(29-22)14-32-17-8-10-30(23(31)12-17)16-6-7-18-19-13-28-9-2-4-20(19)33-21(18)11-16;/h1,3,5-8,10-12,28H,2,4,9,13-14H2;1H. The first-order chi connectivity index (χ1) is 15.9. The molecule has 1 N–H and O–H groups in total. The normalized spacial score (nSPS) is 13.7. The Bertz CT molecular complexity index is 1380. The van der Waals surface area contributed by atoms with Gasteiger partial charge in [0.2, 0.25) is 0 Å². The van der Waals surface area contributed by atoms with Gasteiger partial charge in [-0.15, -0.1) is 12.4 Å². The zero-order valence-corrected chi connectivity index (χ0v) is 18.7. The van der Waals surface area contributed by atoms with Crippen LogP contribution in [0.25, 0.3) is 16.7 Å². The molecule has 0 amide bonds. The average Bonchev–Trinajstić information content (AvgIpc) is 2.97. The lowest BCUT2D eigenvalue weighted by Crippen LogP contribution is -2.17. The van der Waals surface area contributed by atoms with Gasteiger partial charge in [-0.1, -0.05) is 6.07 Å². The molecule has 0 radical (unpaired) electrons. The fourth-order valence-electron chi connectivity index (χ4n) is 3.96. The molecule has 4 aromatic rings. The minimum absolute atomic E-state index is 0. The van der Waals surface area contributed by atoms with E-state index in [1.165, 1.54) is 22.8 Å². The minimum atomic E-state index is -4.53. The van der Waals surface area contributed by atoms with Crippen LogP contribution in [-0.2, 0) is 25.7 Å². The number of ether oxygens (including phenoxy) is 1. The Kier molecular flexibility index (Phi) is 6.67. The number of pyridine rings is 2. The summed E-state index contributed by atoms with van der Waals surface area (Å²) in [4.78, 5) is 16.3. The van der Waals surface area contributed by atoms with E-state index in [-0.39, 0.29) is 36.0 Å². The van der Waals surface area contributed by atoms with Crippen LogP contribution in [0.4, 0.5) is 13.2 Å². The molecule has 6 nitrogen and oxygen atoms in total. The zero-order chi connectivity index (χ0) is 23.0. The largest absolute Gasteiger partial charge is 0.487 e. The molecule has 0 spiro atoms. The van der Waals surface area contributed by atoms with Crippen LogP contribution in [0.1, 0.15) is 29.1 Å². The van der Waals surface area contributed by atoms with Crippen molar-refractivity contribution in [2.75, 3.05) is 6.54 Å². The highest BCUT2D eigenvalue weighted by Crippen LogP contribution is 2.30. The highest BCUT2D eigenvalue weighted by atomic mass is 35.5. The van der Waals surface area contributed by atoms with Crippen molar-refractivity contribution in [2.45, 2.75) is 32.2 Å². The maximum Gasteiger partial charge on any atom is 0.433 e. The van der Waals surface area contributed by atoms with Gasteiger partial charge in [0, 0.05) is 42.2 Å². The van der Waals surface area contributed by atoms with E-state index < -0.39 is 11.9 Å². The van der Waals surface area contributed by atoms with E-state index in [2.05, 4.69) is 10.3 Å². The SMILES string of the molecule is Cl.O=c1cc(OCc2cccc(C(F)(F)F)n2)ccn1-c1ccc2c3c(oc2c1)CCCNC3. The summed E-state index contributed by atoms with van der Waals surface area (Å²) in [6.45, 7) is 1.52. The number of hydrogen-bond donors (Lipinski definition) is 1. The van der Waals surface area contributed by atoms with Crippen molar-refractivity contribution in [3.8, 4) is 11.4 Å². The number of halogens is 4. The Morgan fingerprint density at radius 1 is 1.15 bits per heavy atom. The molecule has 0 aliphatic carbocycles. The number of aromatic nitrogens is 2.